The molecule has 0 bridgehead atoms. The number of ether oxygens (including phenoxy) is 4. The van der Waals surface area contributed by atoms with Crippen molar-refractivity contribution in [3.63, 3.8) is 0 Å². The molecule has 3 aromatic carbocycles. The monoisotopic (exact) mass is 498 g/mol. The fraction of sp³-hybridized carbons (Fsp3) is 0.0833. The summed E-state index contributed by atoms with van der Waals surface area (Å²) < 4.78 is 20.9. The average molecular weight is 498 g/mol. The lowest BCUT2D eigenvalue weighted by Crippen LogP contribution is -2.20. The normalized spacial score (nSPS) is 10.3. The van der Waals surface area contributed by atoms with E-state index < -0.39 is 57.6 Å². The summed E-state index contributed by atoms with van der Waals surface area (Å²) in [6.45, 7) is 0. The zero-order valence-corrected chi connectivity index (χ0v) is 18.7. The number of carboxylic acid groups (broad SMARTS) is 4. The van der Waals surface area contributed by atoms with Gasteiger partial charge in [-0.05, 0) is 48.5 Å². The second kappa shape index (κ2) is 10.3. The first-order valence-electron chi connectivity index (χ1n) is 9.89. The van der Waals surface area contributed by atoms with Crippen LogP contribution < -0.4 is 18.9 Å². The molecule has 0 radical (unpaired) electrons. The standard InChI is InChI=1S/C24H18O12/c1-33-11-3-7-13(8-4-11)35-19-15(21(25)26)17(23(29)30)20(18(24(31)32)16(19)22(27)28)36-14-9-5-12(34-2)6-10-14/h3-10H,1-2H3,(H,25,26)(H,27,28)(H,29,30)(H,31,32). The van der Waals surface area contributed by atoms with Crippen LogP contribution in [0.25, 0.3) is 0 Å². The Bertz CT molecular complexity index is 1180. The third kappa shape index (κ3) is 4.97. The SMILES string of the molecule is COc1ccc(Oc2c(C(=O)O)c(C(=O)O)c(Oc3ccc(OC)cc3)c(C(=O)O)c2C(=O)O)cc1. The molecule has 4 N–H and O–H groups in total. The fourth-order valence-electron chi connectivity index (χ4n) is 3.25. The van der Waals surface area contributed by atoms with Crippen LogP contribution in [0.2, 0.25) is 0 Å². The second-order valence-corrected chi connectivity index (χ2v) is 6.93. The molecule has 0 heterocycles. The summed E-state index contributed by atoms with van der Waals surface area (Å²) in [5, 5.41) is 39.5. The maximum Gasteiger partial charge on any atom is 0.340 e. The van der Waals surface area contributed by atoms with Crippen molar-refractivity contribution in [2.45, 2.75) is 0 Å². The van der Waals surface area contributed by atoms with E-state index in [2.05, 4.69) is 0 Å². The number of carbonyl (C=O) groups is 4. The quantitative estimate of drug-likeness (QED) is 0.314. The smallest absolute Gasteiger partial charge is 0.340 e. The van der Waals surface area contributed by atoms with Crippen LogP contribution in [0.15, 0.2) is 48.5 Å². The molecule has 0 saturated heterocycles. The van der Waals surface area contributed by atoms with Crippen LogP contribution in [0.3, 0.4) is 0 Å². The maximum atomic E-state index is 12.2. The van der Waals surface area contributed by atoms with Gasteiger partial charge in [0.15, 0.2) is 11.5 Å². The Morgan fingerprint density at radius 2 is 0.694 bits per heavy atom. The summed E-state index contributed by atoms with van der Waals surface area (Å²) in [6, 6.07) is 10.8. The van der Waals surface area contributed by atoms with Crippen LogP contribution in [0.1, 0.15) is 41.4 Å². The molecular weight excluding hydrogens is 480 g/mol. The Balaban J connectivity index is 2.38. The van der Waals surface area contributed by atoms with Crippen LogP contribution in [0, 0.1) is 0 Å². The number of rotatable bonds is 10. The van der Waals surface area contributed by atoms with Gasteiger partial charge in [0.1, 0.15) is 45.3 Å². The minimum Gasteiger partial charge on any atom is -0.497 e. The van der Waals surface area contributed by atoms with Gasteiger partial charge in [-0.25, -0.2) is 19.2 Å². The van der Waals surface area contributed by atoms with Crippen molar-refractivity contribution in [1.82, 2.24) is 0 Å². The lowest BCUT2D eigenvalue weighted by Gasteiger charge is -2.20. The highest BCUT2D eigenvalue weighted by Crippen LogP contribution is 2.43. The highest BCUT2D eigenvalue weighted by molar-refractivity contribution is 6.15. The van der Waals surface area contributed by atoms with Gasteiger partial charge in [-0.3, -0.25) is 0 Å². The Labute approximate surface area is 202 Å². The van der Waals surface area contributed by atoms with Crippen LogP contribution in [-0.4, -0.2) is 58.5 Å². The van der Waals surface area contributed by atoms with E-state index in [9.17, 15) is 39.6 Å². The topological polar surface area (TPSA) is 186 Å². The fourth-order valence-corrected chi connectivity index (χ4v) is 3.25. The third-order valence-electron chi connectivity index (χ3n) is 4.82. The largest absolute Gasteiger partial charge is 0.497 e. The number of benzene rings is 3. The predicted molar refractivity (Wildman–Crippen MR) is 120 cm³/mol. The van der Waals surface area contributed by atoms with E-state index in [4.69, 9.17) is 18.9 Å². The first-order chi connectivity index (χ1) is 17.1. The van der Waals surface area contributed by atoms with Gasteiger partial charge in [-0.1, -0.05) is 0 Å². The second-order valence-electron chi connectivity index (χ2n) is 6.93. The lowest BCUT2D eigenvalue weighted by atomic mass is 9.94. The van der Waals surface area contributed by atoms with Crippen molar-refractivity contribution in [1.29, 1.82) is 0 Å². The highest BCUT2D eigenvalue weighted by atomic mass is 16.5. The first kappa shape index (κ1) is 25.4. The van der Waals surface area contributed by atoms with E-state index in [-0.39, 0.29) is 11.5 Å². The molecular formula is C24H18O12. The first-order valence-corrected chi connectivity index (χ1v) is 9.89. The summed E-state index contributed by atoms with van der Waals surface area (Å²) in [7, 11) is 2.78. The van der Waals surface area contributed by atoms with E-state index >= 15 is 0 Å². The summed E-state index contributed by atoms with van der Waals surface area (Å²) in [4.78, 5) is 48.8. The summed E-state index contributed by atoms with van der Waals surface area (Å²) >= 11 is 0. The molecule has 0 saturated carbocycles. The molecule has 0 aromatic heterocycles. The summed E-state index contributed by atoms with van der Waals surface area (Å²) in [5.74, 6) is -9.03. The lowest BCUT2D eigenvalue weighted by molar-refractivity contribution is 0.0626. The molecule has 12 nitrogen and oxygen atoms in total. The molecule has 36 heavy (non-hydrogen) atoms. The van der Waals surface area contributed by atoms with E-state index in [1.54, 1.807) is 0 Å². The van der Waals surface area contributed by atoms with Gasteiger partial charge in [-0.15, -0.1) is 0 Å². The number of carboxylic acids is 4. The van der Waals surface area contributed by atoms with E-state index in [1.165, 1.54) is 62.8 Å². The van der Waals surface area contributed by atoms with Crippen molar-refractivity contribution in [3.8, 4) is 34.5 Å². The van der Waals surface area contributed by atoms with Crippen LogP contribution in [0.5, 0.6) is 34.5 Å². The van der Waals surface area contributed by atoms with Crippen molar-refractivity contribution in [2.75, 3.05) is 14.2 Å². The van der Waals surface area contributed by atoms with Crippen LogP contribution in [-0.2, 0) is 0 Å². The van der Waals surface area contributed by atoms with Crippen LogP contribution >= 0.6 is 0 Å². The Kier molecular flexibility index (Phi) is 7.29. The third-order valence-corrected chi connectivity index (χ3v) is 4.82. The number of methoxy groups -OCH3 is 2. The Morgan fingerprint density at radius 3 is 0.889 bits per heavy atom. The van der Waals surface area contributed by atoms with Crippen molar-refractivity contribution in [2.24, 2.45) is 0 Å². The van der Waals surface area contributed by atoms with Gasteiger partial charge in [0, 0.05) is 0 Å². The van der Waals surface area contributed by atoms with Crippen molar-refractivity contribution < 1.29 is 58.6 Å². The average Bonchev–Trinajstić information content (AvgIpc) is 2.84. The van der Waals surface area contributed by atoms with Gasteiger partial charge in [0.25, 0.3) is 0 Å². The zero-order valence-electron chi connectivity index (χ0n) is 18.7. The van der Waals surface area contributed by atoms with Crippen molar-refractivity contribution in [3.05, 3.63) is 70.8 Å². The molecule has 0 fully saturated rings. The summed E-state index contributed by atoms with van der Waals surface area (Å²) in [6.07, 6.45) is 0. The molecule has 0 aliphatic carbocycles. The van der Waals surface area contributed by atoms with Crippen LogP contribution in [0.4, 0.5) is 0 Å². The maximum absolute atomic E-state index is 12.2. The number of hydrogen-bond donors (Lipinski definition) is 4. The minimum atomic E-state index is -1.89. The van der Waals surface area contributed by atoms with Gasteiger partial charge in [0.2, 0.25) is 0 Å². The molecule has 0 spiro atoms. The predicted octanol–water partition coefficient (Wildman–Crippen LogP) is 4.08. The molecule has 3 rings (SSSR count). The number of hydrogen-bond acceptors (Lipinski definition) is 8. The molecule has 186 valence electrons. The Morgan fingerprint density at radius 1 is 0.472 bits per heavy atom. The van der Waals surface area contributed by atoms with Gasteiger partial charge in [-0.2, -0.15) is 0 Å². The Hall–Kier alpha value is -5.26. The van der Waals surface area contributed by atoms with E-state index in [0.717, 1.165) is 0 Å². The van der Waals surface area contributed by atoms with E-state index in [1.807, 2.05) is 0 Å². The molecule has 0 unspecified atom stereocenters. The van der Waals surface area contributed by atoms with Gasteiger partial charge < -0.3 is 39.4 Å². The molecule has 0 aliphatic heterocycles. The molecule has 3 aromatic rings. The minimum absolute atomic E-state index is 0.114. The van der Waals surface area contributed by atoms with E-state index in [0.29, 0.717) is 11.5 Å². The van der Waals surface area contributed by atoms with Gasteiger partial charge in [0.05, 0.1) is 14.2 Å². The highest BCUT2D eigenvalue weighted by Gasteiger charge is 2.39. The number of aromatic carboxylic acids is 4. The van der Waals surface area contributed by atoms with Gasteiger partial charge >= 0.3 is 23.9 Å². The summed E-state index contributed by atoms with van der Waals surface area (Å²) in [5.41, 5.74) is -4.48. The van der Waals surface area contributed by atoms with Crippen molar-refractivity contribution >= 4 is 23.9 Å². The molecule has 0 aliphatic rings. The molecule has 0 atom stereocenters. The molecule has 0 amide bonds. The molecule has 12 heteroatoms. The zero-order chi connectivity index (χ0) is 26.6.